The van der Waals surface area contributed by atoms with Gasteiger partial charge in [0.2, 0.25) is 5.91 Å². The molecule has 1 atom stereocenters. The van der Waals surface area contributed by atoms with E-state index in [1.165, 1.54) is 4.68 Å². The molecule has 3 rings (SSSR count). The van der Waals surface area contributed by atoms with E-state index in [2.05, 4.69) is 10.4 Å². The first-order valence-electron chi connectivity index (χ1n) is 9.49. The van der Waals surface area contributed by atoms with Crippen molar-refractivity contribution in [2.24, 2.45) is 5.92 Å². The number of nitrogens with one attached hydrogen (secondary N) is 1. The summed E-state index contributed by atoms with van der Waals surface area (Å²) in [4.78, 5) is 27.1. The molecule has 28 heavy (non-hydrogen) atoms. The van der Waals surface area contributed by atoms with Gasteiger partial charge in [0, 0.05) is 24.7 Å². The Morgan fingerprint density at radius 1 is 1.36 bits per heavy atom. The van der Waals surface area contributed by atoms with Crippen molar-refractivity contribution in [3.63, 3.8) is 0 Å². The Kier molecular flexibility index (Phi) is 6.62. The highest BCUT2D eigenvalue weighted by Crippen LogP contribution is 2.27. The number of hydrogen-bond donors (Lipinski definition) is 1. The minimum atomic E-state index is -0.406. The molecule has 1 saturated heterocycles. The molecule has 1 aromatic heterocycles. The SMILES string of the molecule is CCCNC(=O)C1CCCN(c2cnn(-c3ccc(C)c(Cl)c3)c(=O)c2Cl)C1. The van der Waals surface area contributed by atoms with E-state index in [1.807, 2.05) is 24.8 Å². The van der Waals surface area contributed by atoms with E-state index in [1.54, 1.807) is 18.3 Å². The fourth-order valence-corrected chi connectivity index (χ4v) is 3.77. The Morgan fingerprint density at radius 3 is 2.86 bits per heavy atom. The Balaban J connectivity index is 1.85. The highest BCUT2D eigenvalue weighted by molar-refractivity contribution is 6.33. The lowest BCUT2D eigenvalue weighted by Crippen LogP contribution is -2.44. The summed E-state index contributed by atoms with van der Waals surface area (Å²) in [5.74, 6) is -0.0621. The number of hydrogen-bond acceptors (Lipinski definition) is 4. The molecule has 1 aliphatic rings. The fourth-order valence-electron chi connectivity index (χ4n) is 3.34. The molecule has 1 aromatic carbocycles. The second-order valence-corrected chi connectivity index (χ2v) is 7.86. The fraction of sp³-hybridized carbons (Fsp3) is 0.450. The molecule has 1 unspecified atom stereocenters. The number of benzene rings is 1. The van der Waals surface area contributed by atoms with Crippen LogP contribution in [-0.2, 0) is 4.79 Å². The average Bonchev–Trinajstić information content (AvgIpc) is 2.70. The largest absolute Gasteiger partial charge is 0.368 e. The van der Waals surface area contributed by atoms with Crippen LogP contribution in [0.5, 0.6) is 0 Å². The van der Waals surface area contributed by atoms with Gasteiger partial charge in [-0.3, -0.25) is 9.59 Å². The molecule has 0 radical (unpaired) electrons. The molecule has 0 aliphatic carbocycles. The topological polar surface area (TPSA) is 67.2 Å². The normalized spacial score (nSPS) is 16.9. The number of rotatable bonds is 5. The first-order valence-corrected chi connectivity index (χ1v) is 10.2. The van der Waals surface area contributed by atoms with E-state index >= 15 is 0 Å². The molecule has 1 fully saturated rings. The first kappa shape index (κ1) is 20.7. The molecular formula is C20H24Cl2N4O2. The van der Waals surface area contributed by atoms with Crippen LogP contribution in [0, 0.1) is 12.8 Å². The Hall–Kier alpha value is -2.05. The highest BCUT2D eigenvalue weighted by atomic mass is 35.5. The van der Waals surface area contributed by atoms with Crippen molar-refractivity contribution in [3.8, 4) is 5.69 Å². The summed E-state index contributed by atoms with van der Waals surface area (Å²) >= 11 is 12.6. The molecule has 0 spiro atoms. The Bertz CT molecular complexity index is 929. The molecule has 1 aliphatic heterocycles. The lowest BCUT2D eigenvalue weighted by molar-refractivity contribution is -0.125. The maximum Gasteiger partial charge on any atom is 0.292 e. The van der Waals surface area contributed by atoms with Gasteiger partial charge in [-0.15, -0.1) is 0 Å². The maximum atomic E-state index is 12.8. The summed E-state index contributed by atoms with van der Waals surface area (Å²) < 4.78 is 1.24. The van der Waals surface area contributed by atoms with Crippen LogP contribution in [0.1, 0.15) is 31.7 Å². The van der Waals surface area contributed by atoms with Crippen LogP contribution < -0.4 is 15.8 Å². The van der Waals surface area contributed by atoms with Gasteiger partial charge in [-0.25, -0.2) is 0 Å². The van der Waals surface area contributed by atoms with E-state index in [9.17, 15) is 9.59 Å². The smallest absolute Gasteiger partial charge is 0.292 e. The number of piperidine rings is 1. The summed E-state index contributed by atoms with van der Waals surface area (Å²) in [6.07, 6.45) is 4.18. The third-order valence-corrected chi connectivity index (χ3v) is 5.75. The molecule has 0 saturated carbocycles. The van der Waals surface area contributed by atoms with E-state index in [0.29, 0.717) is 29.5 Å². The maximum absolute atomic E-state index is 12.8. The van der Waals surface area contributed by atoms with Crippen molar-refractivity contribution in [1.29, 1.82) is 0 Å². The van der Waals surface area contributed by atoms with Crippen molar-refractivity contribution >= 4 is 34.8 Å². The number of aryl methyl sites for hydroxylation is 1. The van der Waals surface area contributed by atoms with Gasteiger partial charge in [0.25, 0.3) is 5.56 Å². The van der Waals surface area contributed by atoms with Gasteiger partial charge in [0.15, 0.2) is 0 Å². The number of halogens is 2. The third-order valence-electron chi connectivity index (χ3n) is 4.98. The number of carbonyl (C=O) groups excluding carboxylic acids is 1. The van der Waals surface area contributed by atoms with Crippen LogP contribution in [0.25, 0.3) is 5.69 Å². The molecule has 1 N–H and O–H groups in total. The molecular weight excluding hydrogens is 399 g/mol. The Morgan fingerprint density at radius 2 is 2.14 bits per heavy atom. The Labute approximate surface area is 174 Å². The van der Waals surface area contributed by atoms with Crippen LogP contribution in [0.2, 0.25) is 10.0 Å². The number of amides is 1. The lowest BCUT2D eigenvalue weighted by atomic mass is 9.97. The van der Waals surface area contributed by atoms with E-state index in [0.717, 1.165) is 31.4 Å². The van der Waals surface area contributed by atoms with Gasteiger partial charge >= 0.3 is 0 Å². The number of nitrogens with zero attached hydrogens (tertiary/aromatic N) is 3. The summed E-state index contributed by atoms with van der Waals surface area (Å²) in [5, 5.41) is 7.90. The predicted molar refractivity (Wildman–Crippen MR) is 113 cm³/mol. The van der Waals surface area contributed by atoms with Gasteiger partial charge in [-0.05, 0) is 43.9 Å². The second-order valence-electron chi connectivity index (χ2n) is 7.07. The summed E-state index contributed by atoms with van der Waals surface area (Å²) in [5.41, 5.74) is 1.64. The zero-order valence-electron chi connectivity index (χ0n) is 16.0. The second kappa shape index (κ2) is 8.97. The van der Waals surface area contributed by atoms with E-state index in [4.69, 9.17) is 23.2 Å². The quantitative estimate of drug-likeness (QED) is 0.798. The minimum absolute atomic E-state index is 0.0540. The van der Waals surface area contributed by atoms with Gasteiger partial charge in [-0.1, -0.05) is 36.2 Å². The van der Waals surface area contributed by atoms with Gasteiger partial charge in [0.1, 0.15) is 5.02 Å². The molecule has 1 amide bonds. The van der Waals surface area contributed by atoms with Crippen molar-refractivity contribution in [2.75, 3.05) is 24.5 Å². The number of aromatic nitrogens is 2. The molecule has 2 heterocycles. The van der Waals surface area contributed by atoms with E-state index < -0.39 is 5.56 Å². The predicted octanol–water partition coefficient (Wildman–Crippen LogP) is 3.59. The zero-order chi connectivity index (χ0) is 20.3. The highest BCUT2D eigenvalue weighted by Gasteiger charge is 2.27. The van der Waals surface area contributed by atoms with Gasteiger partial charge in [-0.2, -0.15) is 9.78 Å². The van der Waals surface area contributed by atoms with Crippen molar-refractivity contribution in [1.82, 2.24) is 15.1 Å². The van der Waals surface area contributed by atoms with Gasteiger partial charge < -0.3 is 10.2 Å². The third kappa shape index (κ3) is 4.33. The average molecular weight is 423 g/mol. The van der Waals surface area contributed by atoms with Crippen molar-refractivity contribution in [2.45, 2.75) is 33.1 Å². The van der Waals surface area contributed by atoms with Crippen LogP contribution in [0.3, 0.4) is 0 Å². The van der Waals surface area contributed by atoms with Crippen LogP contribution in [-0.4, -0.2) is 35.3 Å². The lowest BCUT2D eigenvalue weighted by Gasteiger charge is -2.33. The number of anilines is 1. The zero-order valence-corrected chi connectivity index (χ0v) is 17.6. The molecule has 0 bridgehead atoms. The summed E-state index contributed by atoms with van der Waals surface area (Å²) in [6.45, 7) is 5.85. The molecule has 6 nitrogen and oxygen atoms in total. The van der Waals surface area contributed by atoms with E-state index in [-0.39, 0.29) is 16.8 Å². The monoisotopic (exact) mass is 422 g/mol. The molecule has 2 aromatic rings. The number of carbonyl (C=O) groups is 1. The van der Waals surface area contributed by atoms with Crippen molar-refractivity contribution < 1.29 is 4.79 Å². The minimum Gasteiger partial charge on any atom is -0.368 e. The van der Waals surface area contributed by atoms with Crippen LogP contribution in [0.15, 0.2) is 29.2 Å². The molecule has 8 heteroatoms. The molecule has 150 valence electrons. The summed E-state index contributed by atoms with van der Waals surface area (Å²) in [7, 11) is 0. The standard InChI is InChI=1S/C20H24Cl2N4O2/c1-3-8-23-19(27)14-5-4-9-25(12-14)17-11-24-26(20(28)18(17)22)15-7-6-13(2)16(21)10-15/h6-7,10-11,14H,3-5,8-9,12H2,1-2H3,(H,23,27). The van der Waals surface area contributed by atoms with Crippen LogP contribution in [0.4, 0.5) is 5.69 Å². The summed E-state index contributed by atoms with van der Waals surface area (Å²) in [6, 6.07) is 5.30. The van der Waals surface area contributed by atoms with Crippen molar-refractivity contribution in [3.05, 3.63) is 50.4 Å². The van der Waals surface area contributed by atoms with Crippen LogP contribution >= 0.6 is 23.2 Å². The van der Waals surface area contributed by atoms with Gasteiger partial charge in [0.05, 0.1) is 23.5 Å². The first-order chi connectivity index (χ1) is 13.4.